The van der Waals surface area contributed by atoms with Gasteiger partial charge in [-0.2, -0.15) is 13.2 Å². The number of hydrogen-bond donors (Lipinski definition) is 1. The molecule has 2 aliphatic rings. The fourth-order valence-electron chi connectivity index (χ4n) is 4.14. The van der Waals surface area contributed by atoms with Crippen LogP contribution in [0.5, 0.6) is 0 Å². The molecule has 0 unspecified atom stereocenters. The summed E-state index contributed by atoms with van der Waals surface area (Å²) in [5.41, 5.74) is -0.711. The number of carbonyl (C=O) groups is 1. The molecule has 5 heteroatoms. The summed E-state index contributed by atoms with van der Waals surface area (Å²) in [7, 11) is 0. The number of nitrogens with one attached hydrogen (secondary N) is 1. The number of rotatable bonds is 3. The summed E-state index contributed by atoms with van der Waals surface area (Å²) in [5, 5.41) is 2.90. The molecule has 1 aromatic rings. The lowest BCUT2D eigenvalue weighted by Crippen LogP contribution is -2.40. The van der Waals surface area contributed by atoms with Gasteiger partial charge < -0.3 is 5.32 Å². The number of amides is 1. The van der Waals surface area contributed by atoms with Crippen LogP contribution in [0.1, 0.15) is 48.5 Å². The van der Waals surface area contributed by atoms with E-state index in [1.165, 1.54) is 31.4 Å². The van der Waals surface area contributed by atoms with Crippen LogP contribution in [0, 0.1) is 17.8 Å². The molecule has 0 radical (unpaired) electrons. The molecule has 2 fully saturated rings. The molecule has 0 aliphatic heterocycles. The molecular formula is C17H20F3NO. The van der Waals surface area contributed by atoms with Gasteiger partial charge in [-0.25, -0.2) is 0 Å². The van der Waals surface area contributed by atoms with Crippen molar-refractivity contribution < 1.29 is 18.0 Å². The summed E-state index contributed by atoms with van der Waals surface area (Å²) in [5.74, 6) is 1.50. The minimum absolute atomic E-state index is 0.0114. The van der Waals surface area contributed by atoms with Crippen LogP contribution in [0.25, 0.3) is 0 Å². The van der Waals surface area contributed by atoms with Gasteiger partial charge in [0.2, 0.25) is 0 Å². The monoisotopic (exact) mass is 311 g/mol. The lowest BCUT2D eigenvalue weighted by molar-refractivity contribution is -0.137. The number of carbonyl (C=O) groups excluding carboxylic acids is 1. The third kappa shape index (κ3) is 2.99. The van der Waals surface area contributed by atoms with Gasteiger partial charge in [0.1, 0.15) is 0 Å². The fraction of sp³-hybridized carbons (Fsp3) is 0.588. The van der Waals surface area contributed by atoms with E-state index in [0.717, 1.165) is 24.5 Å². The van der Waals surface area contributed by atoms with E-state index in [1.807, 2.05) is 6.92 Å². The van der Waals surface area contributed by atoms with Gasteiger partial charge in [0.25, 0.3) is 5.91 Å². The van der Waals surface area contributed by atoms with Gasteiger partial charge in [0.15, 0.2) is 0 Å². The quantitative estimate of drug-likeness (QED) is 0.888. The van der Waals surface area contributed by atoms with Gasteiger partial charge in [0, 0.05) is 11.6 Å². The third-order valence-electron chi connectivity index (χ3n) is 5.25. The van der Waals surface area contributed by atoms with Crippen LogP contribution in [0.3, 0.4) is 0 Å². The lowest BCUT2D eigenvalue weighted by atomic mass is 9.84. The molecule has 4 atom stereocenters. The van der Waals surface area contributed by atoms with Crippen molar-refractivity contribution in [3.05, 3.63) is 35.4 Å². The zero-order valence-electron chi connectivity index (χ0n) is 12.5. The first-order valence-corrected chi connectivity index (χ1v) is 7.82. The summed E-state index contributed by atoms with van der Waals surface area (Å²) < 4.78 is 38.1. The van der Waals surface area contributed by atoms with Crippen molar-refractivity contribution in [3.63, 3.8) is 0 Å². The highest BCUT2D eigenvalue weighted by molar-refractivity contribution is 5.94. The van der Waals surface area contributed by atoms with Gasteiger partial charge in [-0.05, 0) is 62.1 Å². The summed E-state index contributed by atoms with van der Waals surface area (Å²) in [6.07, 6.45) is 0.463. The largest absolute Gasteiger partial charge is 0.416 e. The minimum atomic E-state index is -4.42. The number of fused-ring (bicyclic) bond motifs is 2. The molecule has 0 spiro atoms. The van der Waals surface area contributed by atoms with Crippen LogP contribution in [0.2, 0.25) is 0 Å². The molecule has 1 aromatic carbocycles. The topological polar surface area (TPSA) is 29.1 Å². The number of benzene rings is 1. The Bertz CT molecular complexity index is 569. The van der Waals surface area contributed by atoms with Crippen molar-refractivity contribution >= 4 is 5.91 Å². The van der Waals surface area contributed by atoms with E-state index in [-0.39, 0.29) is 11.6 Å². The Labute approximate surface area is 128 Å². The van der Waals surface area contributed by atoms with Crippen molar-refractivity contribution in [1.29, 1.82) is 0 Å². The Morgan fingerprint density at radius 1 is 1.27 bits per heavy atom. The molecule has 3 rings (SSSR count). The predicted molar refractivity (Wildman–Crippen MR) is 77.3 cm³/mol. The van der Waals surface area contributed by atoms with Crippen molar-refractivity contribution in [2.24, 2.45) is 17.8 Å². The first-order valence-electron chi connectivity index (χ1n) is 7.82. The smallest absolute Gasteiger partial charge is 0.349 e. The predicted octanol–water partition coefficient (Wildman–Crippen LogP) is 4.26. The Kier molecular flexibility index (Phi) is 3.91. The average molecular weight is 311 g/mol. The maximum absolute atomic E-state index is 12.7. The summed E-state index contributed by atoms with van der Waals surface area (Å²) in [6.45, 7) is 1.97. The van der Waals surface area contributed by atoms with E-state index >= 15 is 0 Å². The third-order valence-corrected chi connectivity index (χ3v) is 5.25. The number of alkyl halides is 3. The van der Waals surface area contributed by atoms with E-state index < -0.39 is 17.6 Å². The van der Waals surface area contributed by atoms with Gasteiger partial charge >= 0.3 is 6.18 Å². The molecule has 0 aromatic heterocycles. The van der Waals surface area contributed by atoms with E-state index in [4.69, 9.17) is 0 Å². The van der Waals surface area contributed by atoms with E-state index in [9.17, 15) is 18.0 Å². The molecule has 2 aliphatic carbocycles. The number of hydrogen-bond acceptors (Lipinski definition) is 1. The summed E-state index contributed by atoms with van der Waals surface area (Å²) in [6, 6.07) is 4.62. The molecule has 120 valence electrons. The van der Waals surface area contributed by atoms with Crippen molar-refractivity contribution in [2.75, 3.05) is 0 Å². The maximum atomic E-state index is 12.7. The van der Waals surface area contributed by atoms with Gasteiger partial charge in [-0.1, -0.05) is 12.5 Å². The highest BCUT2D eigenvalue weighted by Crippen LogP contribution is 2.49. The van der Waals surface area contributed by atoms with Crippen LogP contribution in [0.4, 0.5) is 13.2 Å². The SMILES string of the molecule is C[C@@H](NC(=O)c1cccc(C(F)(F)F)c1)[C@H]1C[C@@H]2CC[C@@H]1C2. The van der Waals surface area contributed by atoms with Crippen molar-refractivity contribution in [2.45, 2.75) is 44.8 Å². The van der Waals surface area contributed by atoms with Crippen LogP contribution >= 0.6 is 0 Å². The first kappa shape index (κ1) is 15.4. The zero-order chi connectivity index (χ0) is 15.9. The van der Waals surface area contributed by atoms with Crippen LogP contribution in [0.15, 0.2) is 24.3 Å². The molecule has 22 heavy (non-hydrogen) atoms. The molecule has 2 nitrogen and oxygen atoms in total. The molecular weight excluding hydrogens is 291 g/mol. The van der Waals surface area contributed by atoms with Crippen molar-refractivity contribution in [1.82, 2.24) is 5.32 Å². The van der Waals surface area contributed by atoms with Gasteiger partial charge in [0.05, 0.1) is 5.56 Å². The Morgan fingerprint density at radius 2 is 2.05 bits per heavy atom. The lowest BCUT2D eigenvalue weighted by Gasteiger charge is -2.28. The molecule has 1 amide bonds. The van der Waals surface area contributed by atoms with Gasteiger partial charge in [-0.3, -0.25) is 4.79 Å². The second kappa shape index (κ2) is 5.60. The van der Waals surface area contributed by atoms with E-state index in [1.54, 1.807) is 0 Å². The Balaban J connectivity index is 1.67. The van der Waals surface area contributed by atoms with Crippen molar-refractivity contribution in [3.8, 4) is 0 Å². The summed E-state index contributed by atoms with van der Waals surface area (Å²) >= 11 is 0. The minimum Gasteiger partial charge on any atom is -0.349 e. The zero-order valence-corrected chi connectivity index (χ0v) is 12.5. The maximum Gasteiger partial charge on any atom is 0.416 e. The standard InChI is InChI=1S/C17H20F3NO/c1-10(15-8-11-5-6-12(15)7-11)21-16(22)13-3-2-4-14(9-13)17(18,19)20/h2-4,9-12,15H,5-8H2,1H3,(H,21,22)/t10-,11-,12-,15-/m1/s1. The number of halogens is 3. The van der Waals surface area contributed by atoms with E-state index in [2.05, 4.69) is 5.32 Å². The normalized spacial score (nSPS) is 28.6. The fourth-order valence-corrected chi connectivity index (χ4v) is 4.14. The van der Waals surface area contributed by atoms with E-state index in [0.29, 0.717) is 11.8 Å². The summed E-state index contributed by atoms with van der Waals surface area (Å²) in [4.78, 5) is 12.2. The second-order valence-electron chi connectivity index (χ2n) is 6.68. The first-order chi connectivity index (χ1) is 10.3. The molecule has 2 bridgehead atoms. The Hall–Kier alpha value is -1.52. The second-order valence-corrected chi connectivity index (χ2v) is 6.68. The Morgan fingerprint density at radius 3 is 2.64 bits per heavy atom. The van der Waals surface area contributed by atoms with Crippen LogP contribution in [-0.4, -0.2) is 11.9 Å². The van der Waals surface area contributed by atoms with Gasteiger partial charge in [-0.15, -0.1) is 0 Å². The van der Waals surface area contributed by atoms with Crippen LogP contribution < -0.4 is 5.32 Å². The average Bonchev–Trinajstić information content (AvgIpc) is 3.09. The van der Waals surface area contributed by atoms with Crippen LogP contribution in [-0.2, 0) is 6.18 Å². The highest BCUT2D eigenvalue weighted by Gasteiger charge is 2.42. The molecule has 0 heterocycles. The molecule has 1 N–H and O–H groups in total. The molecule has 0 saturated heterocycles. The highest BCUT2D eigenvalue weighted by atomic mass is 19.4. The molecule has 2 saturated carbocycles.